The molecule has 0 heterocycles. The van der Waals surface area contributed by atoms with Crippen LogP contribution in [0.3, 0.4) is 0 Å². The standard InChI is InChI=1S/C13H12.C2H6.CH4/c1-2-5-9-12(8-4-1)13-10-6-3-7-11-13;1-2;/h1,3-11H,2H2;1-2H3;1H4. The Bertz CT molecular complexity index is 353. The second-order valence-electron chi connectivity index (χ2n) is 3.05. The minimum absolute atomic E-state index is 0. The summed E-state index contributed by atoms with van der Waals surface area (Å²) in [6.45, 7) is 4.00. The topological polar surface area (TPSA) is 0 Å². The van der Waals surface area contributed by atoms with E-state index >= 15 is 0 Å². The molecule has 0 radical (unpaired) electrons. The van der Waals surface area contributed by atoms with E-state index < -0.39 is 0 Å². The Morgan fingerprint density at radius 1 is 0.938 bits per heavy atom. The molecule has 0 atom stereocenters. The van der Waals surface area contributed by atoms with Crippen molar-refractivity contribution in [2.24, 2.45) is 0 Å². The fourth-order valence-electron chi connectivity index (χ4n) is 1.40. The average molecular weight is 214 g/mol. The highest BCUT2D eigenvalue weighted by Crippen LogP contribution is 2.17. The molecule has 0 saturated carbocycles. The Morgan fingerprint density at radius 3 is 2.31 bits per heavy atom. The first-order valence-electron chi connectivity index (χ1n) is 5.55. The zero-order chi connectivity index (χ0) is 10.9. The molecule has 2 rings (SSSR count). The minimum Gasteiger partial charge on any atom is -0.0807 e. The quantitative estimate of drug-likeness (QED) is 0.599. The fraction of sp³-hybridized carbons (Fsp3) is 0.250. The van der Waals surface area contributed by atoms with Gasteiger partial charge < -0.3 is 0 Å². The van der Waals surface area contributed by atoms with Crippen LogP contribution in [0, 0.1) is 0 Å². The summed E-state index contributed by atoms with van der Waals surface area (Å²) in [5.74, 6) is 0. The molecule has 0 fully saturated rings. The molecular weight excluding hydrogens is 192 g/mol. The van der Waals surface area contributed by atoms with Gasteiger partial charge in [0.05, 0.1) is 0 Å². The first-order chi connectivity index (χ1) is 7.47. The van der Waals surface area contributed by atoms with Crippen LogP contribution in [-0.4, -0.2) is 0 Å². The third kappa shape index (κ3) is 4.31. The van der Waals surface area contributed by atoms with Crippen LogP contribution in [0.1, 0.15) is 33.3 Å². The van der Waals surface area contributed by atoms with Crippen molar-refractivity contribution in [2.45, 2.75) is 27.7 Å². The van der Waals surface area contributed by atoms with E-state index in [0.717, 1.165) is 6.42 Å². The van der Waals surface area contributed by atoms with Gasteiger partial charge in [-0.05, 0) is 17.6 Å². The Morgan fingerprint density at radius 2 is 1.62 bits per heavy atom. The van der Waals surface area contributed by atoms with Crippen LogP contribution in [0.15, 0.2) is 60.7 Å². The predicted octanol–water partition coefficient (Wildman–Crippen LogP) is 5.25. The van der Waals surface area contributed by atoms with Crippen LogP contribution in [0.4, 0.5) is 0 Å². The second kappa shape index (κ2) is 8.72. The number of hydrogen-bond donors (Lipinski definition) is 0. The van der Waals surface area contributed by atoms with Gasteiger partial charge in [0.1, 0.15) is 0 Å². The molecule has 1 aromatic carbocycles. The van der Waals surface area contributed by atoms with Gasteiger partial charge in [-0.25, -0.2) is 0 Å². The van der Waals surface area contributed by atoms with Gasteiger partial charge in [0.2, 0.25) is 0 Å². The average Bonchev–Trinajstić information content (AvgIpc) is 2.61. The molecule has 0 spiro atoms. The van der Waals surface area contributed by atoms with Crippen molar-refractivity contribution in [3.63, 3.8) is 0 Å². The third-order valence-corrected chi connectivity index (χ3v) is 2.09. The van der Waals surface area contributed by atoms with Crippen LogP contribution in [0.5, 0.6) is 0 Å². The highest BCUT2D eigenvalue weighted by molar-refractivity contribution is 5.75. The van der Waals surface area contributed by atoms with Gasteiger partial charge in [-0.1, -0.05) is 82.0 Å². The highest BCUT2D eigenvalue weighted by atomic mass is 14.0. The molecule has 0 nitrogen and oxygen atoms in total. The molecule has 0 aromatic heterocycles. The van der Waals surface area contributed by atoms with Crippen molar-refractivity contribution < 1.29 is 0 Å². The summed E-state index contributed by atoms with van der Waals surface area (Å²) in [6, 6.07) is 10.4. The zero-order valence-corrected chi connectivity index (χ0v) is 9.48. The van der Waals surface area contributed by atoms with Crippen molar-refractivity contribution >= 4 is 5.57 Å². The van der Waals surface area contributed by atoms with E-state index in [1.165, 1.54) is 11.1 Å². The van der Waals surface area contributed by atoms with Crippen molar-refractivity contribution in [1.82, 2.24) is 0 Å². The van der Waals surface area contributed by atoms with E-state index in [9.17, 15) is 0 Å². The predicted molar refractivity (Wildman–Crippen MR) is 75.4 cm³/mol. The molecule has 0 bridgehead atoms. The monoisotopic (exact) mass is 214 g/mol. The van der Waals surface area contributed by atoms with Crippen LogP contribution >= 0.6 is 0 Å². The lowest BCUT2D eigenvalue weighted by molar-refractivity contribution is 1.41. The van der Waals surface area contributed by atoms with E-state index in [2.05, 4.69) is 54.6 Å². The van der Waals surface area contributed by atoms with Crippen molar-refractivity contribution in [3.05, 3.63) is 66.3 Å². The van der Waals surface area contributed by atoms with E-state index in [0.29, 0.717) is 0 Å². The first-order valence-corrected chi connectivity index (χ1v) is 5.55. The van der Waals surface area contributed by atoms with Gasteiger partial charge in [-0.15, -0.1) is 0 Å². The van der Waals surface area contributed by atoms with Gasteiger partial charge in [0.25, 0.3) is 0 Å². The summed E-state index contributed by atoms with van der Waals surface area (Å²) in [4.78, 5) is 0. The number of allylic oxidation sites excluding steroid dienone is 6. The number of rotatable bonds is 1. The van der Waals surface area contributed by atoms with Crippen molar-refractivity contribution in [2.75, 3.05) is 0 Å². The Kier molecular flexibility index (Phi) is 7.87. The lowest BCUT2D eigenvalue weighted by atomic mass is 10.1. The zero-order valence-electron chi connectivity index (χ0n) is 9.48. The lowest BCUT2D eigenvalue weighted by Crippen LogP contribution is -1.77. The van der Waals surface area contributed by atoms with E-state index in [4.69, 9.17) is 0 Å². The van der Waals surface area contributed by atoms with E-state index in [1.54, 1.807) is 0 Å². The maximum Gasteiger partial charge on any atom is -0.0163 e. The first kappa shape index (κ1) is 14.4. The Balaban J connectivity index is 0.000000711. The lowest BCUT2D eigenvalue weighted by Gasteiger charge is -1.99. The largest absolute Gasteiger partial charge is 0.0807 e. The van der Waals surface area contributed by atoms with Crippen LogP contribution in [-0.2, 0) is 0 Å². The fourth-order valence-corrected chi connectivity index (χ4v) is 1.40. The van der Waals surface area contributed by atoms with Crippen LogP contribution in [0.25, 0.3) is 5.57 Å². The maximum absolute atomic E-state index is 2.18. The second-order valence-corrected chi connectivity index (χ2v) is 3.05. The summed E-state index contributed by atoms with van der Waals surface area (Å²) in [5, 5.41) is 0. The molecule has 0 saturated heterocycles. The SMILES string of the molecule is C.C1=CCC=CC(c2ccccc2)=C1.CC. The number of benzene rings is 1. The summed E-state index contributed by atoms with van der Waals surface area (Å²) >= 11 is 0. The minimum atomic E-state index is 0. The summed E-state index contributed by atoms with van der Waals surface area (Å²) in [5.41, 5.74) is 2.57. The van der Waals surface area contributed by atoms with Crippen LogP contribution < -0.4 is 0 Å². The highest BCUT2D eigenvalue weighted by Gasteiger charge is 1.95. The molecule has 0 N–H and O–H groups in total. The molecule has 86 valence electrons. The van der Waals surface area contributed by atoms with E-state index in [-0.39, 0.29) is 7.43 Å². The molecule has 1 aliphatic rings. The van der Waals surface area contributed by atoms with Crippen molar-refractivity contribution in [1.29, 1.82) is 0 Å². The smallest absolute Gasteiger partial charge is 0.0163 e. The number of hydrogen-bond acceptors (Lipinski definition) is 0. The summed E-state index contributed by atoms with van der Waals surface area (Å²) in [6.07, 6.45) is 11.8. The Hall–Kier alpha value is -1.56. The summed E-state index contributed by atoms with van der Waals surface area (Å²) < 4.78 is 0. The van der Waals surface area contributed by atoms with Crippen LogP contribution in [0.2, 0.25) is 0 Å². The maximum atomic E-state index is 2.18. The third-order valence-electron chi connectivity index (χ3n) is 2.09. The van der Waals surface area contributed by atoms with Gasteiger partial charge in [0, 0.05) is 0 Å². The molecule has 1 aromatic rings. The molecular formula is C16H22. The van der Waals surface area contributed by atoms with Gasteiger partial charge in [0.15, 0.2) is 0 Å². The normalized spacial score (nSPS) is 12.8. The van der Waals surface area contributed by atoms with E-state index in [1.807, 2.05) is 19.9 Å². The molecule has 16 heavy (non-hydrogen) atoms. The molecule has 0 amide bonds. The molecule has 1 aliphatic carbocycles. The Labute approximate surface area is 100 Å². The molecule has 0 aliphatic heterocycles. The van der Waals surface area contributed by atoms with Gasteiger partial charge in [-0.3, -0.25) is 0 Å². The van der Waals surface area contributed by atoms with Gasteiger partial charge in [-0.2, -0.15) is 0 Å². The van der Waals surface area contributed by atoms with Crippen molar-refractivity contribution in [3.8, 4) is 0 Å². The van der Waals surface area contributed by atoms with Gasteiger partial charge >= 0.3 is 0 Å². The summed E-state index contributed by atoms with van der Waals surface area (Å²) in [7, 11) is 0. The molecule has 0 unspecified atom stereocenters. The molecule has 0 heteroatoms.